The molecule has 0 aliphatic carbocycles. The zero-order chi connectivity index (χ0) is 17.8. The van der Waals surface area contributed by atoms with Crippen molar-refractivity contribution in [2.45, 2.75) is 38.6 Å². The van der Waals surface area contributed by atoms with Gasteiger partial charge in [-0.3, -0.25) is 9.59 Å². The molecule has 1 N–H and O–H groups in total. The van der Waals surface area contributed by atoms with Crippen LogP contribution in [0.1, 0.15) is 53.3 Å². The maximum atomic E-state index is 12.5. The van der Waals surface area contributed by atoms with Crippen LogP contribution in [0.5, 0.6) is 0 Å². The average Bonchev–Trinajstić information content (AvgIpc) is 3.24. The molecule has 0 bridgehead atoms. The highest BCUT2D eigenvalue weighted by atomic mass is 32.1. The number of aromatic nitrogens is 1. The molecule has 134 valence electrons. The average molecular weight is 359 g/mol. The second-order valence-electron chi connectivity index (χ2n) is 6.51. The molecule has 0 unspecified atom stereocenters. The number of likely N-dealkylation sites (tertiary alicyclic amines) is 1. The molecular formula is C19H25N3O2S. The first-order valence-electron chi connectivity index (χ1n) is 8.81. The topological polar surface area (TPSA) is 54.3 Å². The molecular weight excluding hydrogens is 334 g/mol. The van der Waals surface area contributed by atoms with E-state index in [4.69, 9.17) is 0 Å². The van der Waals surface area contributed by atoms with E-state index in [2.05, 4.69) is 11.4 Å². The van der Waals surface area contributed by atoms with Crippen molar-refractivity contribution < 1.29 is 9.59 Å². The molecule has 0 spiro atoms. The molecule has 1 aliphatic rings. The molecule has 1 aliphatic heterocycles. The molecule has 5 nitrogen and oxygen atoms in total. The van der Waals surface area contributed by atoms with Gasteiger partial charge in [-0.2, -0.15) is 0 Å². The zero-order valence-corrected chi connectivity index (χ0v) is 15.6. The molecule has 3 rings (SSSR count). The molecule has 2 aromatic heterocycles. The van der Waals surface area contributed by atoms with E-state index in [0.29, 0.717) is 12.2 Å². The Labute approximate surface area is 152 Å². The highest BCUT2D eigenvalue weighted by Crippen LogP contribution is 2.31. The quantitative estimate of drug-likeness (QED) is 0.892. The maximum Gasteiger partial charge on any atom is 0.267 e. The Morgan fingerprint density at radius 1 is 1.28 bits per heavy atom. The highest BCUT2D eigenvalue weighted by Gasteiger charge is 2.28. The van der Waals surface area contributed by atoms with E-state index >= 15 is 0 Å². The van der Waals surface area contributed by atoms with E-state index in [1.165, 1.54) is 4.88 Å². The van der Waals surface area contributed by atoms with E-state index in [-0.39, 0.29) is 17.9 Å². The smallest absolute Gasteiger partial charge is 0.267 e. The highest BCUT2D eigenvalue weighted by molar-refractivity contribution is 7.09. The summed E-state index contributed by atoms with van der Waals surface area (Å²) in [4.78, 5) is 27.6. The summed E-state index contributed by atoms with van der Waals surface area (Å²) < 4.78 is 1.94. The van der Waals surface area contributed by atoms with Gasteiger partial charge in [-0.25, -0.2) is 0 Å². The summed E-state index contributed by atoms with van der Waals surface area (Å²) >= 11 is 1.71. The zero-order valence-electron chi connectivity index (χ0n) is 14.8. The van der Waals surface area contributed by atoms with Crippen LogP contribution in [0.4, 0.5) is 0 Å². The number of nitrogens with zero attached hydrogens (tertiary/aromatic N) is 2. The molecule has 0 aromatic carbocycles. The van der Waals surface area contributed by atoms with Gasteiger partial charge in [0, 0.05) is 37.6 Å². The summed E-state index contributed by atoms with van der Waals surface area (Å²) in [5, 5.41) is 5.04. The molecule has 0 radical (unpaired) electrons. The molecule has 25 heavy (non-hydrogen) atoms. The van der Waals surface area contributed by atoms with Crippen molar-refractivity contribution in [3.8, 4) is 0 Å². The number of thiophene rings is 1. The van der Waals surface area contributed by atoms with Crippen LogP contribution in [-0.4, -0.2) is 34.4 Å². The standard InChI is InChI=1S/C19H25N3O2S/c1-14(23)22-12-4-3-7-17(22)16-8-9-18(21(16)2)19(24)20-11-10-15-6-5-13-25-15/h5-6,8-9,13,17H,3-4,7,10-12H2,1-2H3,(H,20,24)/t17-/m1/s1. The fourth-order valence-electron chi connectivity index (χ4n) is 3.55. The van der Waals surface area contributed by atoms with Crippen LogP contribution in [0, 0.1) is 0 Å². The first kappa shape index (κ1) is 17.7. The van der Waals surface area contributed by atoms with Gasteiger partial charge in [-0.1, -0.05) is 6.07 Å². The van der Waals surface area contributed by atoms with Crippen LogP contribution >= 0.6 is 11.3 Å². The minimum absolute atomic E-state index is 0.0597. The second-order valence-corrected chi connectivity index (χ2v) is 7.54. The van der Waals surface area contributed by atoms with E-state index in [1.54, 1.807) is 18.3 Å². The largest absolute Gasteiger partial charge is 0.350 e. The Bertz CT molecular complexity index is 736. The molecule has 1 fully saturated rings. The van der Waals surface area contributed by atoms with Gasteiger partial charge in [0.15, 0.2) is 0 Å². The van der Waals surface area contributed by atoms with Crippen molar-refractivity contribution in [3.05, 3.63) is 45.9 Å². The van der Waals surface area contributed by atoms with Gasteiger partial charge in [0.2, 0.25) is 5.91 Å². The summed E-state index contributed by atoms with van der Waals surface area (Å²) in [7, 11) is 1.91. The van der Waals surface area contributed by atoms with E-state index in [0.717, 1.165) is 37.9 Å². The summed E-state index contributed by atoms with van der Waals surface area (Å²) in [6, 6.07) is 8.03. The lowest BCUT2D eigenvalue weighted by molar-refractivity contribution is -0.132. The Hall–Kier alpha value is -2.08. The third-order valence-corrected chi connectivity index (χ3v) is 5.82. The Morgan fingerprint density at radius 2 is 2.12 bits per heavy atom. The summed E-state index contributed by atoms with van der Waals surface area (Å²) in [5.41, 5.74) is 1.69. The minimum atomic E-state index is -0.0597. The van der Waals surface area contributed by atoms with Gasteiger partial charge in [-0.05, 0) is 49.3 Å². The predicted molar refractivity (Wildman–Crippen MR) is 99.7 cm³/mol. The van der Waals surface area contributed by atoms with Crippen LogP contribution in [0.3, 0.4) is 0 Å². The summed E-state index contributed by atoms with van der Waals surface area (Å²) in [6.07, 6.45) is 3.97. The third-order valence-electron chi connectivity index (χ3n) is 4.88. The summed E-state index contributed by atoms with van der Waals surface area (Å²) in [5.74, 6) is 0.0448. The van der Waals surface area contributed by atoms with Crippen LogP contribution in [-0.2, 0) is 18.3 Å². The molecule has 3 heterocycles. The van der Waals surface area contributed by atoms with Crippen LogP contribution < -0.4 is 5.32 Å². The van der Waals surface area contributed by atoms with Gasteiger partial charge in [0.1, 0.15) is 5.69 Å². The van der Waals surface area contributed by atoms with Crippen molar-refractivity contribution in [2.24, 2.45) is 7.05 Å². The molecule has 0 saturated carbocycles. The molecule has 2 aromatic rings. The SMILES string of the molecule is CC(=O)N1CCCC[C@@H]1c1ccc(C(=O)NCCc2cccs2)n1C. The van der Waals surface area contributed by atoms with Crippen LogP contribution in [0.2, 0.25) is 0 Å². The molecule has 6 heteroatoms. The predicted octanol–water partition coefficient (Wildman–Crippen LogP) is 3.13. The summed E-state index contributed by atoms with van der Waals surface area (Å²) in [6.45, 7) is 3.05. The third kappa shape index (κ3) is 3.95. The van der Waals surface area contributed by atoms with Gasteiger partial charge in [0.05, 0.1) is 6.04 Å². The number of nitrogens with one attached hydrogen (secondary N) is 1. The normalized spacial score (nSPS) is 17.5. The number of carbonyl (C=O) groups is 2. The van der Waals surface area contributed by atoms with Crippen molar-refractivity contribution in [1.82, 2.24) is 14.8 Å². The van der Waals surface area contributed by atoms with Crippen molar-refractivity contribution in [3.63, 3.8) is 0 Å². The lowest BCUT2D eigenvalue weighted by Gasteiger charge is -2.35. The fourth-order valence-corrected chi connectivity index (χ4v) is 4.26. The number of amides is 2. The van der Waals surface area contributed by atoms with Crippen molar-refractivity contribution >= 4 is 23.2 Å². The monoisotopic (exact) mass is 359 g/mol. The van der Waals surface area contributed by atoms with Gasteiger partial charge < -0.3 is 14.8 Å². The Balaban J connectivity index is 1.67. The molecule has 2 amide bonds. The maximum absolute atomic E-state index is 12.5. The number of carbonyl (C=O) groups excluding carboxylic acids is 2. The fraction of sp³-hybridized carbons (Fsp3) is 0.474. The van der Waals surface area contributed by atoms with E-state index < -0.39 is 0 Å². The molecule has 1 saturated heterocycles. The van der Waals surface area contributed by atoms with Crippen molar-refractivity contribution in [2.75, 3.05) is 13.1 Å². The lowest BCUT2D eigenvalue weighted by Crippen LogP contribution is -2.38. The van der Waals surface area contributed by atoms with Gasteiger partial charge >= 0.3 is 0 Å². The van der Waals surface area contributed by atoms with E-state index in [9.17, 15) is 9.59 Å². The lowest BCUT2D eigenvalue weighted by atomic mass is 9.99. The number of rotatable bonds is 5. The first-order chi connectivity index (χ1) is 12.1. The van der Waals surface area contributed by atoms with Crippen LogP contribution in [0.25, 0.3) is 0 Å². The minimum Gasteiger partial charge on any atom is -0.350 e. The second kappa shape index (κ2) is 7.87. The molecule has 1 atom stereocenters. The van der Waals surface area contributed by atoms with Gasteiger partial charge in [0.25, 0.3) is 5.91 Å². The van der Waals surface area contributed by atoms with Crippen molar-refractivity contribution in [1.29, 1.82) is 0 Å². The number of hydrogen-bond donors (Lipinski definition) is 1. The van der Waals surface area contributed by atoms with E-state index in [1.807, 2.05) is 40.1 Å². The Morgan fingerprint density at radius 3 is 2.84 bits per heavy atom. The van der Waals surface area contributed by atoms with Crippen LogP contribution in [0.15, 0.2) is 29.6 Å². The first-order valence-corrected chi connectivity index (χ1v) is 9.69. The number of hydrogen-bond acceptors (Lipinski definition) is 3. The number of piperidine rings is 1. The van der Waals surface area contributed by atoms with Gasteiger partial charge in [-0.15, -0.1) is 11.3 Å². The Kier molecular flexibility index (Phi) is 5.58.